The number of aromatic nitrogens is 5. The fourth-order valence-electron chi connectivity index (χ4n) is 2.13. The van der Waals surface area contributed by atoms with Crippen molar-refractivity contribution in [1.82, 2.24) is 24.6 Å². The SMILES string of the molecule is O=c1c2cnccc2[nH]c2c1nn1ccncc21. The van der Waals surface area contributed by atoms with Crippen LogP contribution >= 0.6 is 0 Å². The normalized spacial score (nSPS) is 11.6. The number of hydrogen-bond donors (Lipinski definition) is 1. The zero-order valence-electron chi connectivity index (χ0n) is 9.16. The van der Waals surface area contributed by atoms with Gasteiger partial charge < -0.3 is 4.98 Å². The molecule has 0 fully saturated rings. The van der Waals surface area contributed by atoms with Crippen molar-refractivity contribution in [2.45, 2.75) is 0 Å². The number of pyridine rings is 2. The van der Waals surface area contributed by atoms with Gasteiger partial charge in [-0.05, 0) is 6.07 Å². The number of nitrogens with one attached hydrogen (secondary N) is 1. The maximum absolute atomic E-state index is 12.3. The van der Waals surface area contributed by atoms with E-state index in [0.717, 1.165) is 11.0 Å². The van der Waals surface area contributed by atoms with Crippen molar-refractivity contribution in [2.75, 3.05) is 0 Å². The molecule has 0 aliphatic rings. The van der Waals surface area contributed by atoms with Crippen LogP contribution in [0.5, 0.6) is 0 Å². The zero-order chi connectivity index (χ0) is 12.1. The van der Waals surface area contributed by atoms with Crippen LogP contribution in [0.1, 0.15) is 0 Å². The molecule has 0 radical (unpaired) electrons. The van der Waals surface area contributed by atoms with E-state index in [9.17, 15) is 4.79 Å². The second-order valence-electron chi connectivity index (χ2n) is 4.01. The number of rotatable bonds is 0. The number of nitrogens with zero attached hydrogens (tertiary/aromatic N) is 4. The summed E-state index contributed by atoms with van der Waals surface area (Å²) in [5.74, 6) is 0. The molecule has 18 heavy (non-hydrogen) atoms. The molecule has 0 amide bonds. The molecule has 0 saturated heterocycles. The number of fused-ring (bicyclic) bond motifs is 4. The van der Waals surface area contributed by atoms with Crippen LogP contribution < -0.4 is 5.43 Å². The summed E-state index contributed by atoms with van der Waals surface area (Å²) >= 11 is 0. The summed E-state index contributed by atoms with van der Waals surface area (Å²) in [7, 11) is 0. The van der Waals surface area contributed by atoms with Gasteiger partial charge in [0, 0.05) is 24.8 Å². The lowest BCUT2D eigenvalue weighted by molar-refractivity contribution is 0.963. The lowest BCUT2D eigenvalue weighted by Crippen LogP contribution is -2.04. The van der Waals surface area contributed by atoms with Gasteiger partial charge in [-0.25, -0.2) is 4.52 Å². The van der Waals surface area contributed by atoms with E-state index in [-0.39, 0.29) is 5.43 Å². The molecule has 4 aromatic heterocycles. The van der Waals surface area contributed by atoms with Gasteiger partial charge in [0.2, 0.25) is 5.43 Å². The Balaban J connectivity index is 2.38. The maximum atomic E-state index is 12.3. The quantitative estimate of drug-likeness (QED) is 0.497. The highest BCUT2D eigenvalue weighted by atomic mass is 16.1. The molecule has 0 unspecified atom stereocenters. The van der Waals surface area contributed by atoms with Gasteiger partial charge in [-0.3, -0.25) is 14.8 Å². The van der Waals surface area contributed by atoms with E-state index in [4.69, 9.17) is 0 Å². The summed E-state index contributed by atoms with van der Waals surface area (Å²) in [6.07, 6.45) is 8.22. The summed E-state index contributed by atoms with van der Waals surface area (Å²) in [6.45, 7) is 0. The second kappa shape index (κ2) is 3.13. The molecule has 86 valence electrons. The van der Waals surface area contributed by atoms with Crippen molar-refractivity contribution in [3.63, 3.8) is 0 Å². The molecule has 6 nitrogen and oxygen atoms in total. The van der Waals surface area contributed by atoms with E-state index in [1.54, 1.807) is 41.6 Å². The monoisotopic (exact) mass is 237 g/mol. The van der Waals surface area contributed by atoms with Crippen molar-refractivity contribution in [1.29, 1.82) is 0 Å². The molecule has 0 aliphatic heterocycles. The Kier molecular flexibility index (Phi) is 1.62. The van der Waals surface area contributed by atoms with Crippen LogP contribution in [0, 0.1) is 0 Å². The average Bonchev–Trinajstić information content (AvgIpc) is 2.79. The number of H-pyrrole nitrogens is 1. The highest BCUT2D eigenvalue weighted by Crippen LogP contribution is 2.16. The van der Waals surface area contributed by atoms with E-state index in [2.05, 4.69) is 20.1 Å². The van der Waals surface area contributed by atoms with Crippen molar-refractivity contribution in [3.8, 4) is 0 Å². The molecule has 6 heteroatoms. The molecule has 0 spiro atoms. The van der Waals surface area contributed by atoms with Crippen molar-refractivity contribution in [3.05, 3.63) is 47.3 Å². The Hall–Kier alpha value is -2.76. The number of aromatic amines is 1. The lowest BCUT2D eigenvalue weighted by Gasteiger charge is -1.96. The fraction of sp³-hybridized carbons (Fsp3) is 0. The minimum Gasteiger partial charge on any atom is -0.351 e. The minimum atomic E-state index is -0.115. The Morgan fingerprint density at radius 2 is 2.06 bits per heavy atom. The van der Waals surface area contributed by atoms with Crippen LogP contribution in [0.25, 0.3) is 27.5 Å². The summed E-state index contributed by atoms with van der Waals surface area (Å²) in [6, 6.07) is 1.77. The van der Waals surface area contributed by atoms with Crippen molar-refractivity contribution >= 4 is 27.5 Å². The van der Waals surface area contributed by atoms with Gasteiger partial charge in [0.15, 0.2) is 5.52 Å². The lowest BCUT2D eigenvalue weighted by atomic mass is 10.2. The van der Waals surface area contributed by atoms with Gasteiger partial charge in [0.1, 0.15) is 5.52 Å². The average molecular weight is 237 g/mol. The molecule has 0 atom stereocenters. The van der Waals surface area contributed by atoms with Gasteiger partial charge in [-0.1, -0.05) is 0 Å². The summed E-state index contributed by atoms with van der Waals surface area (Å²) in [5, 5.41) is 4.81. The molecule has 4 aromatic rings. The van der Waals surface area contributed by atoms with Crippen LogP contribution in [-0.2, 0) is 0 Å². The highest BCUT2D eigenvalue weighted by Gasteiger charge is 2.11. The topological polar surface area (TPSA) is 75.9 Å². The predicted octanol–water partition coefficient (Wildman–Crippen LogP) is 1.12. The van der Waals surface area contributed by atoms with Gasteiger partial charge in [0.05, 0.1) is 22.6 Å². The van der Waals surface area contributed by atoms with Crippen LogP contribution in [0.3, 0.4) is 0 Å². The molecule has 0 saturated carbocycles. The third-order valence-electron chi connectivity index (χ3n) is 2.98. The molecule has 0 aromatic carbocycles. The van der Waals surface area contributed by atoms with E-state index >= 15 is 0 Å². The molecule has 0 aliphatic carbocycles. The smallest absolute Gasteiger partial charge is 0.219 e. The maximum Gasteiger partial charge on any atom is 0.219 e. The number of hydrogen-bond acceptors (Lipinski definition) is 4. The second-order valence-corrected chi connectivity index (χ2v) is 4.01. The highest BCUT2D eigenvalue weighted by molar-refractivity contribution is 5.97. The summed E-state index contributed by atoms with van der Waals surface area (Å²) in [4.78, 5) is 23.5. The minimum absolute atomic E-state index is 0.115. The van der Waals surface area contributed by atoms with E-state index < -0.39 is 0 Å². The Morgan fingerprint density at radius 3 is 3.00 bits per heavy atom. The van der Waals surface area contributed by atoms with Crippen LogP contribution in [-0.4, -0.2) is 24.6 Å². The van der Waals surface area contributed by atoms with Crippen molar-refractivity contribution < 1.29 is 0 Å². The zero-order valence-corrected chi connectivity index (χ0v) is 9.16. The Bertz CT molecular complexity index is 953. The fourth-order valence-corrected chi connectivity index (χ4v) is 2.13. The largest absolute Gasteiger partial charge is 0.351 e. The molecule has 0 bridgehead atoms. The molecule has 1 N–H and O–H groups in total. The van der Waals surface area contributed by atoms with Crippen molar-refractivity contribution in [2.24, 2.45) is 0 Å². The first kappa shape index (κ1) is 9.29. The van der Waals surface area contributed by atoms with E-state index in [1.807, 2.05) is 0 Å². The predicted molar refractivity (Wildman–Crippen MR) is 66.4 cm³/mol. The first-order valence-corrected chi connectivity index (χ1v) is 5.43. The molecular weight excluding hydrogens is 230 g/mol. The third-order valence-corrected chi connectivity index (χ3v) is 2.98. The van der Waals surface area contributed by atoms with Crippen LogP contribution in [0.15, 0.2) is 41.8 Å². The van der Waals surface area contributed by atoms with Gasteiger partial charge >= 0.3 is 0 Å². The van der Waals surface area contributed by atoms with Gasteiger partial charge in [-0.15, -0.1) is 0 Å². The first-order chi connectivity index (χ1) is 8.84. The Morgan fingerprint density at radius 1 is 1.17 bits per heavy atom. The van der Waals surface area contributed by atoms with Gasteiger partial charge in [0.25, 0.3) is 0 Å². The Labute approximate surface area is 99.9 Å². The summed E-state index contributed by atoms with van der Waals surface area (Å²) < 4.78 is 1.64. The standard InChI is InChI=1S/C12H7N5O/c18-12-7-5-13-2-1-8(7)15-10-9-6-14-3-4-17(9)16-11(10)12/h1-6,15H. The molecular formula is C12H7N5O. The molecule has 4 rings (SSSR count). The molecule has 4 heterocycles. The van der Waals surface area contributed by atoms with Crippen LogP contribution in [0.2, 0.25) is 0 Å². The van der Waals surface area contributed by atoms with Crippen LogP contribution in [0.4, 0.5) is 0 Å². The van der Waals surface area contributed by atoms with Gasteiger partial charge in [-0.2, -0.15) is 5.10 Å². The van der Waals surface area contributed by atoms with E-state index in [1.165, 1.54) is 0 Å². The first-order valence-electron chi connectivity index (χ1n) is 5.43. The summed E-state index contributed by atoms with van der Waals surface area (Å²) in [5.41, 5.74) is 2.52. The van der Waals surface area contributed by atoms with E-state index in [0.29, 0.717) is 16.4 Å². The third kappa shape index (κ3) is 1.06.